The third-order valence-corrected chi connectivity index (χ3v) is 4.39. The van der Waals surface area contributed by atoms with Crippen molar-refractivity contribution in [3.63, 3.8) is 0 Å². The molecule has 0 radical (unpaired) electrons. The molecule has 1 aliphatic rings. The van der Waals surface area contributed by atoms with Crippen LogP contribution in [0.2, 0.25) is 0 Å². The molecular weight excluding hydrogens is 266 g/mol. The van der Waals surface area contributed by atoms with E-state index in [-0.39, 0.29) is 0 Å². The highest BCUT2D eigenvalue weighted by Gasteiger charge is 2.12. The minimum absolute atomic E-state index is 0.549. The molecule has 3 nitrogen and oxygen atoms in total. The Morgan fingerprint density at radius 1 is 1.30 bits per heavy atom. The molecule has 20 heavy (non-hydrogen) atoms. The molecule has 0 unspecified atom stereocenters. The van der Waals surface area contributed by atoms with Crippen LogP contribution in [0, 0.1) is 0 Å². The molecule has 2 rings (SSSR count). The molecule has 0 aromatic heterocycles. The highest BCUT2D eigenvalue weighted by molar-refractivity contribution is 7.98. The number of hydrogen-bond donors (Lipinski definition) is 2. The molecule has 0 saturated carbocycles. The maximum Gasteiger partial charge on any atom is 0.193 e. The summed E-state index contributed by atoms with van der Waals surface area (Å²) in [4.78, 5) is 4.41. The van der Waals surface area contributed by atoms with Crippen LogP contribution in [0.25, 0.3) is 0 Å². The number of guanidine groups is 1. The van der Waals surface area contributed by atoms with Crippen molar-refractivity contribution in [3.05, 3.63) is 29.3 Å². The van der Waals surface area contributed by atoms with Crippen molar-refractivity contribution in [2.45, 2.75) is 38.5 Å². The Labute approximate surface area is 126 Å². The number of rotatable bonds is 6. The van der Waals surface area contributed by atoms with E-state index in [0.29, 0.717) is 5.96 Å². The lowest BCUT2D eigenvalue weighted by atomic mass is 9.90. The van der Waals surface area contributed by atoms with Crippen LogP contribution >= 0.6 is 11.8 Å². The first-order chi connectivity index (χ1) is 9.81. The SMILES string of the molecule is CSCCCCN=C(N)Nc1cccc2c1CCCC2. The first-order valence-corrected chi connectivity index (χ1v) is 8.87. The summed E-state index contributed by atoms with van der Waals surface area (Å²) in [5.74, 6) is 1.75. The number of fused-ring (bicyclic) bond motifs is 1. The molecule has 1 aliphatic carbocycles. The topological polar surface area (TPSA) is 50.4 Å². The molecule has 4 heteroatoms. The fourth-order valence-electron chi connectivity index (χ4n) is 2.63. The highest BCUT2D eigenvalue weighted by atomic mass is 32.2. The van der Waals surface area contributed by atoms with Crippen LogP contribution in [0.5, 0.6) is 0 Å². The molecule has 1 aromatic carbocycles. The number of nitrogens with zero attached hydrogens (tertiary/aromatic N) is 1. The molecule has 1 aromatic rings. The van der Waals surface area contributed by atoms with Crippen LogP contribution in [0.3, 0.4) is 0 Å². The molecule has 0 amide bonds. The van der Waals surface area contributed by atoms with E-state index in [1.165, 1.54) is 42.6 Å². The van der Waals surface area contributed by atoms with Crippen LogP contribution in [0.4, 0.5) is 5.69 Å². The molecule has 0 heterocycles. The lowest BCUT2D eigenvalue weighted by Gasteiger charge is -2.19. The number of unbranched alkanes of at least 4 members (excludes halogenated alkanes) is 1. The van der Waals surface area contributed by atoms with E-state index in [1.807, 2.05) is 11.8 Å². The van der Waals surface area contributed by atoms with Gasteiger partial charge in [0.15, 0.2) is 5.96 Å². The zero-order chi connectivity index (χ0) is 14.2. The summed E-state index contributed by atoms with van der Waals surface area (Å²) < 4.78 is 0. The fourth-order valence-corrected chi connectivity index (χ4v) is 3.13. The van der Waals surface area contributed by atoms with Gasteiger partial charge in [0, 0.05) is 12.2 Å². The second-order valence-corrected chi connectivity index (χ2v) is 6.23. The average molecular weight is 291 g/mol. The predicted octanol–water partition coefficient (Wildman–Crippen LogP) is 3.44. The molecule has 0 bridgehead atoms. The van der Waals surface area contributed by atoms with Gasteiger partial charge in [0.25, 0.3) is 0 Å². The summed E-state index contributed by atoms with van der Waals surface area (Å²) in [6, 6.07) is 6.45. The van der Waals surface area contributed by atoms with Gasteiger partial charge in [0.05, 0.1) is 0 Å². The Kier molecular flexibility index (Phi) is 6.25. The Balaban J connectivity index is 1.91. The molecular formula is C16H25N3S. The van der Waals surface area contributed by atoms with Gasteiger partial charge in [-0.05, 0) is 67.7 Å². The summed E-state index contributed by atoms with van der Waals surface area (Å²) in [5.41, 5.74) is 10.0. The van der Waals surface area contributed by atoms with Crippen molar-refractivity contribution >= 4 is 23.4 Å². The number of anilines is 1. The molecule has 0 spiro atoms. The van der Waals surface area contributed by atoms with E-state index in [0.717, 1.165) is 25.1 Å². The molecule has 0 saturated heterocycles. The first kappa shape index (κ1) is 15.2. The Morgan fingerprint density at radius 3 is 3.00 bits per heavy atom. The first-order valence-electron chi connectivity index (χ1n) is 7.48. The largest absolute Gasteiger partial charge is 0.370 e. The molecule has 110 valence electrons. The van der Waals surface area contributed by atoms with Gasteiger partial charge in [-0.2, -0.15) is 11.8 Å². The van der Waals surface area contributed by atoms with E-state index in [1.54, 1.807) is 0 Å². The maximum atomic E-state index is 5.99. The van der Waals surface area contributed by atoms with Gasteiger partial charge >= 0.3 is 0 Å². The molecule has 3 N–H and O–H groups in total. The predicted molar refractivity (Wildman–Crippen MR) is 90.8 cm³/mol. The monoisotopic (exact) mass is 291 g/mol. The summed E-state index contributed by atoms with van der Waals surface area (Å²) in [7, 11) is 0. The van der Waals surface area contributed by atoms with Gasteiger partial charge in [-0.3, -0.25) is 4.99 Å². The van der Waals surface area contributed by atoms with Crippen LogP contribution in [-0.2, 0) is 12.8 Å². The number of nitrogens with one attached hydrogen (secondary N) is 1. The van der Waals surface area contributed by atoms with Crippen LogP contribution < -0.4 is 11.1 Å². The molecule has 0 aliphatic heterocycles. The maximum absolute atomic E-state index is 5.99. The van der Waals surface area contributed by atoms with Crippen molar-refractivity contribution in [3.8, 4) is 0 Å². The van der Waals surface area contributed by atoms with Crippen LogP contribution in [0.15, 0.2) is 23.2 Å². The normalized spacial score (nSPS) is 14.9. The standard InChI is InChI=1S/C16H25N3S/c1-20-12-5-4-11-18-16(17)19-15-10-6-8-13-7-2-3-9-14(13)15/h6,8,10H,2-5,7,9,11-12H2,1H3,(H3,17,18,19). The van der Waals surface area contributed by atoms with Gasteiger partial charge in [-0.15, -0.1) is 0 Å². The van der Waals surface area contributed by atoms with Crippen molar-refractivity contribution in [2.24, 2.45) is 10.7 Å². The number of thioether (sulfide) groups is 1. The minimum atomic E-state index is 0.549. The zero-order valence-corrected chi connectivity index (χ0v) is 13.1. The molecule has 0 fully saturated rings. The van der Waals surface area contributed by atoms with E-state index >= 15 is 0 Å². The minimum Gasteiger partial charge on any atom is -0.370 e. The van der Waals surface area contributed by atoms with Gasteiger partial charge in [-0.1, -0.05) is 12.1 Å². The lowest BCUT2D eigenvalue weighted by molar-refractivity contribution is 0.687. The Hall–Kier alpha value is -1.16. The number of benzene rings is 1. The van der Waals surface area contributed by atoms with Gasteiger partial charge < -0.3 is 11.1 Å². The number of aryl methyl sites for hydroxylation is 1. The summed E-state index contributed by atoms with van der Waals surface area (Å²) in [5, 5.41) is 3.28. The third kappa shape index (κ3) is 4.44. The quantitative estimate of drug-likeness (QED) is 0.479. The van der Waals surface area contributed by atoms with Gasteiger partial charge in [-0.25, -0.2) is 0 Å². The van der Waals surface area contributed by atoms with Crippen LogP contribution in [-0.4, -0.2) is 24.5 Å². The van der Waals surface area contributed by atoms with Gasteiger partial charge in [0.2, 0.25) is 0 Å². The van der Waals surface area contributed by atoms with Crippen LogP contribution in [0.1, 0.15) is 36.8 Å². The lowest BCUT2D eigenvalue weighted by Crippen LogP contribution is -2.24. The highest BCUT2D eigenvalue weighted by Crippen LogP contribution is 2.27. The van der Waals surface area contributed by atoms with Crippen molar-refractivity contribution in [2.75, 3.05) is 23.9 Å². The number of nitrogens with two attached hydrogens (primary N) is 1. The Bertz CT molecular complexity index is 457. The second kappa shape index (κ2) is 8.20. The third-order valence-electron chi connectivity index (χ3n) is 3.70. The van der Waals surface area contributed by atoms with E-state index in [2.05, 4.69) is 34.8 Å². The van der Waals surface area contributed by atoms with Gasteiger partial charge in [0.1, 0.15) is 0 Å². The van der Waals surface area contributed by atoms with E-state index in [9.17, 15) is 0 Å². The summed E-state index contributed by atoms with van der Waals surface area (Å²) in [6.45, 7) is 0.814. The number of hydrogen-bond acceptors (Lipinski definition) is 2. The second-order valence-electron chi connectivity index (χ2n) is 5.24. The van der Waals surface area contributed by atoms with E-state index in [4.69, 9.17) is 5.73 Å². The van der Waals surface area contributed by atoms with Crippen molar-refractivity contribution in [1.29, 1.82) is 0 Å². The smallest absolute Gasteiger partial charge is 0.193 e. The zero-order valence-electron chi connectivity index (χ0n) is 12.3. The summed E-state index contributed by atoms with van der Waals surface area (Å²) >= 11 is 1.88. The van der Waals surface area contributed by atoms with Crippen molar-refractivity contribution < 1.29 is 0 Å². The number of aliphatic imine (C=N–C) groups is 1. The van der Waals surface area contributed by atoms with E-state index < -0.39 is 0 Å². The Morgan fingerprint density at radius 2 is 2.15 bits per heavy atom. The average Bonchev–Trinajstić information content (AvgIpc) is 2.47. The fraction of sp³-hybridized carbons (Fsp3) is 0.562. The summed E-state index contributed by atoms with van der Waals surface area (Å²) in [6.07, 6.45) is 9.37. The van der Waals surface area contributed by atoms with Crippen molar-refractivity contribution in [1.82, 2.24) is 0 Å². The molecule has 0 atom stereocenters.